The lowest BCUT2D eigenvalue weighted by Crippen LogP contribution is -2.22. The summed E-state index contributed by atoms with van der Waals surface area (Å²) in [5.74, 6) is 0.251. The van der Waals surface area contributed by atoms with Crippen molar-refractivity contribution in [2.24, 2.45) is 0 Å². The fraction of sp³-hybridized carbons (Fsp3) is 0.353. The number of nitrogens with two attached hydrogens (primary N) is 1. The van der Waals surface area contributed by atoms with Gasteiger partial charge in [0.25, 0.3) is 0 Å². The third kappa shape index (κ3) is 3.62. The number of hydrogen-bond acceptors (Lipinski definition) is 5. The molecule has 0 aliphatic rings. The van der Waals surface area contributed by atoms with Crippen molar-refractivity contribution in [2.45, 2.75) is 38.1 Å². The average Bonchev–Trinajstić information content (AvgIpc) is 3.00. The van der Waals surface area contributed by atoms with Gasteiger partial charge in [-0.05, 0) is 37.5 Å². The number of aryl methyl sites for hydroxylation is 1. The third-order valence-electron chi connectivity index (χ3n) is 4.31. The quantitative estimate of drug-likeness (QED) is 0.725. The van der Waals surface area contributed by atoms with E-state index in [1.807, 2.05) is 0 Å². The highest BCUT2D eigenvalue weighted by molar-refractivity contribution is 5.81. The summed E-state index contributed by atoms with van der Waals surface area (Å²) in [6, 6.07) is 4.68. The first-order chi connectivity index (χ1) is 12.3. The Bertz CT molecular complexity index is 890. The van der Waals surface area contributed by atoms with Gasteiger partial charge >= 0.3 is 6.18 Å². The normalized spacial score (nSPS) is 14.5. The van der Waals surface area contributed by atoms with Crippen molar-refractivity contribution in [3.63, 3.8) is 0 Å². The minimum atomic E-state index is -4.35. The van der Waals surface area contributed by atoms with E-state index in [1.165, 1.54) is 18.5 Å². The number of benzene rings is 1. The summed E-state index contributed by atoms with van der Waals surface area (Å²) in [7, 11) is 0. The number of anilines is 1. The highest BCUT2D eigenvalue weighted by Crippen LogP contribution is 2.30. The lowest BCUT2D eigenvalue weighted by molar-refractivity contribution is -0.137. The number of nitrogen functional groups attached to an aromatic ring is 1. The Morgan fingerprint density at radius 2 is 1.85 bits per heavy atom. The van der Waals surface area contributed by atoms with Crippen LogP contribution in [-0.2, 0) is 12.6 Å². The lowest BCUT2D eigenvalue weighted by Gasteiger charge is -2.22. The molecule has 0 saturated carbocycles. The molecule has 2 atom stereocenters. The molecule has 0 spiro atoms. The second-order valence-corrected chi connectivity index (χ2v) is 6.12. The van der Waals surface area contributed by atoms with Crippen LogP contribution in [0.3, 0.4) is 0 Å². The van der Waals surface area contributed by atoms with E-state index in [9.17, 15) is 18.3 Å². The van der Waals surface area contributed by atoms with Crippen LogP contribution in [0.4, 0.5) is 19.0 Å². The highest BCUT2D eigenvalue weighted by atomic mass is 19.4. The molecule has 3 aromatic rings. The van der Waals surface area contributed by atoms with Crippen molar-refractivity contribution >= 4 is 17.0 Å². The van der Waals surface area contributed by atoms with E-state index in [2.05, 4.69) is 15.0 Å². The van der Waals surface area contributed by atoms with Gasteiger partial charge in [0, 0.05) is 0 Å². The van der Waals surface area contributed by atoms with Gasteiger partial charge in [0.05, 0.1) is 24.0 Å². The van der Waals surface area contributed by atoms with Crippen molar-refractivity contribution in [3.8, 4) is 0 Å². The van der Waals surface area contributed by atoms with E-state index in [1.54, 1.807) is 17.8 Å². The SMILES string of the molecule is C[C@H](O)[C@@H](CCc1ccc(C(F)(F)F)cc1)n1cnc2c(N)ncnc21. The van der Waals surface area contributed by atoms with Crippen LogP contribution in [0.1, 0.15) is 30.5 Å². The van der Waals surface area contributed by atoms with Gasteiger partial charge < -0.3 is 15.4 Å². The average molecular weight is 365 g/mol. The van der Waals surface area contributed by atoms with E-state index in [0.29, 0.717) is 24.0 Å². The zero-order valence-electron chi connectivity index (χ0n) is 14.0. The number of rotatable bonds is 5. The van der Waals surface area contributed by atoms with Crippen LogP contribution in [-0.4, -0.2) is 30.7 Å². The molecule has 0 unspecified atom stereocenters. The first kappa shape index (κ1) is 18.1. The predicted molar refractivity (Wildman–Crippen MR) is 90.2 cm³/mol. The van der Waals surface area contributed by atoms with Gasteiger partial charge in [0.2, 0.25) is 0 Å². The fourth-order valence-corrected chi connectivity index (χ4v) is 2.90. The van der Waals surface area contributed by atoms with Gasteiger partial charge in [-0.15, -0.1) is 0 Å². The number of aromatic nitrogens is 4. The zero-order valence-corrected chi connectivity index (χ0v) is 14.0. The Morgan fingerprint density at radius 1 is 1.15 bits per heavy atom. The van der Waals surface area contributed by atoms with Crippen LogP contribution in [0.15, 0.2) is 36.9 Å². The number of fused-ring (bicyclic) bond motifs is 1. The monoisotopic (exact) mass is 365 g/mol. The third-order valence-corrected chi connectivity index (χ3v) is 4.31. The number of nitrogens with zero attached hydrogens (tertiary/aromatic N) is 4. The molecule has 138 valence electrons. The van der Waals surface area contributed by atoms with Crippen molar-refractivity contribution in [1.29, 1.82) is 0 Å². The molecule has 26 heavy (non-hydrogen) atoms. The van der Waals surface area contributed by atoms with Crippen LogP contribution in [0.2, 0.25) is 0 Å². The maximum absolute atomic E-state index is 12.6. The first-order valence-corrected chi connectivity index (χ1v) is 8.04. The standard InChI is InChI=1S/C17H18F3N5O/c1-10(26)13(25-9-24-14-15(21)22-8-23-16(14)25)7-4-11-2-5-12(6-3-11)17(18,19)20/h2-3,5-6,8-10,13,26H,4,7H2,1H3,(H2,21,22,23)/t10-,13+/m0/s1. The molecule has 0 aliphatic carbocycles. The Balaban J connectivity index is 1.80. The number of imidazole rings is 1. The van der Waals surface area contributed by atoms with Crippen molar-refractivity contribution in [2.75, 3.05) is 5.73 Å². The van der Waals surface area contributed by atoms with E-state index < -0.39 is 17.8 Å². The molecule has 0 radical (unpaired) electrons. The molecule has 3 N–H and O–H groups in total. The summed E-state index contributed by atoms with van der Waals surface area (Å²) in [5.41, 5.74) is 6.81. The smallest absolute Gasteiger partial charge is 0.391 e. The Kier molecular flexibility index (Phi) is 4.82. The summed E-state index contributed by atoms with van der Waals surface area (Å²) >= 11 is 0. The van der Waals surface area contributed by atoms with Crippen LogP contribution < -0.4 is 5.73 Å². The Hall–Kier alpha value is -2.68. The molecular formula is C17H18F3N5O. The molecule has 0 bridgehead atoms. The van der Waals surface area contributed by atoms with Gasteiger partial charge in [-0.1, -0.05) is 12.1 Å². The largest absolute Gasteiger partial charge is 0.416 e. The number of aliphatic hydroxyl groups is 1. The molecule has 0 amide bonds. The molecule has 2 heterocycles. The van der Waals surface area contributed by atoms with Crippen molar-refractivity contribution < 1.29 is 18.3 Å². The molecule has 1 aromatic carbocycles. The fourth-order valence-electron chi connectivity index (χ4n) is 2.90. The van der Waals surface area contributed by atoms with Crippen LogP contribution in [0, 0.1) is 0 Å². The molecule has 3 rings (SSSR count). The summed E-state index contributed by atoms with van der Waals surface area (Å²) in [6.07, 6.45) is -1.20. The van der Waals surface area contributed by atoms with Crippen molar-refractivity contribution in [1.82, 2.24) is 19.5 Å². The van der Waals surface area contributed by atoms with Gasteiger partial charge in [-0.2, -0.15) is 13.2 Å². The predicted octanol–water partition coefficient (Wildman–Crippen LogP) is 2.98. The number of hydrogen-bond donors (Lipinski definition) is 2. The van der Waals surface area contributed by atoms with Gasteiger partial charge in [-0.3, -0.25) is 0 Å². The summed E-state index contributed by atoms with van der Waals surface area (Å²) in [4.78, 5) is 12.2. The van der Waals surface area contributed by atoms with Gasteiger partial charge in [0.1, 0.15) is 11.8 Å². The number of halogens is 3. The Morgan fingerprint density at radius 3 is 2.46 bits per heavy atom. The maximum Gasteiger partial charge on any atom is 0.416 e. The van der Waals surface area contributed by atoms with Gasteiger partial charge in [0.15, 0.2) is 11.5 Å². The minimum Gasteiger partial charge on any atom is -0.391 e. The summed E-state index contributed by atoms with van der Waals surface area (Å²) in [6.45, 7) is 1.65. The molecule has 0 fully saturated rings. The molecule has 2 aromatic heterocycles. The summed E-state index contributed by atoms with van der Waals surface area (Å²) in [5, 5.41) is 10.2. The summed E-state index contributed by atoms with van der Waals surface area (Å²) < 4.78 is 39.6. The van der Waals surface area contributed by atoms with Crippen molar-refractivity contribution in [3.05, 3.63) is 48.0 Å². The Labute approximate surface area is 147 Å². The van der Waals surface area contributed by atoms with E-state index in [0.717, 1.165) is 17.7 Å². The zero-order chi connectivity index (χ0) is 18.9. The van der Waals surface area contributed by atoms with E-state index in [4.69, 9.17) is 5.73 Å². The molecule has 0 aliphatic heterocycles. The molecule has 6 nitrogen and oxygen atoms in total. The number of alkyl halides is 3. The topological polar surface area (TPSA) is 89.8 Å². The minimum absolute atomic E-state index is 0.251. The van der Waals surface area contributed by atoms with Crippen LogP contribution in [0.25, 0.3) is 11.2 Å². The molecule has 9 heteroatoms. The van der Waals surface area contributed by atoms with Gasteiger partial charge in [-0.25, -0.2) is 15.0 Å². The first-order valence-electron chi connectivity index (χ1n) is 8.04. The maximum atomic E-state index is 12.6. The van der Waals surface area contributed by atoms with Crippen LogP contribution >= 0.6 is 0 Å². The van der Waals surface area contributed by atoms with E-state index >= 15 is 0 Å². The lowest BCUT2D eigenvalue weighted by atomic mass is 10.0. The number of aliphatic hydroxyl groups excluding tert-OH is 1. The van der Waals surface area contributed by atoms with E-state index in [-0.39, 0.29) is 11.9 Å². The second-order valence-electron chi connectivity index (χ2n) is 6.12. The molecule has 0 saturated heterocycles. The highest BCUT2D eigenvalue weighted by Gasteiger charge is 2.30. The molecular weight excluding hydrogens is 347 g/mol. The van der Waals surface area contributed by atoms with Crippen LogP contribution in [0.5, 0.6) is 0 Å². The second kappa shape index (κ2) is 6.91.